The van der Waals surface area contributed by atoms with Gasteiger partial charge in [-0.05, 0) is 37.6 Å². The molecule has 1 heterocycles. The van der Waals surface area contributed by atoms with Gasteiger partial charge in [-0.25, -0.2) is 0 Å². The number of hydrogen-bond donors (Lipinski definition) is 1. The molecule has 1 atom stereocenters. The predicted molar refractivity (Wildman–Crippen MR) is 96.0 cm³/mol. The SMILES string of the molecule is Cc1ccc(C)c(SCC(=O)NCC2COc3ccccc3O2)c1. The van der Waals surface area contributed by atoms with E-state index < -0.39 is 0 Å². The molecule has 2 aromatic carbocycles. The van der Waals surface area contributed by atoms with E-state index in [0.717, 1.165) is 16.4 Å². The Bertz CT molecular complexity index is 732. The summed E-state index contributed by atoms with van der Waals surface area (Å²) in [6, 6.07) is 13.9. The van der Waals surface area contributed by atoms with Crippen LogP contribution in [0.1, 0.15) is 11.1 Å². The molecule has 2 aromatic rings. The largest absolute Gasteiger partial charge is 0.486 e. The fourth-order valence-electron chi connectivity index (χ4n) is 2.45. The highest BCUT2D eigenvalue weighted by atomic mass is 32.2. The minimum Gasteiger partial charge on any atom is -0.486 e. The second kappa shape index (κ2) is 7.62. The smallest absolute Gasteiger partial charge is 0.230 e. The summed E-state index contributed by atoms with van der Waals surface area (Å²) >= 11 is 1.56. The molecule has 0 saturated carbocycles. The van der Waals surface area contributed by atoms with Crippen LogP contribution in [-0.4, -0.2) is 30.9 Å². The molecule has 3 rings (SSSR count). The van der Waals surface area contributed by atoms with E-state index in [1.54, 1.807) is 11.8 Å². The van der Waals surface area contributed by atoms with Crippen molar-refractivity contribution in [2.24, 2.45) is 0 Å². The topological polar surface area (TPSA) is 47.6 Å². The van der Waals surface area contributed by atoms with Gasteiger partial charge in [0.15, 0.2) is 11.5 Å². The average molecular weight is 343 g/mol. The zero-order valence-corrected chi connectivity index (χ0v) is 14.7. The van der Waals surface area contributed by atoms with E-state index in [9.17, 15) is 4.79 Å². The van der Waals surface area contributed by atoms with Gasteiger partial charge in [-0.15, -0.1) is 11.8 Å². The summed E-state index contributed by atoms with van der Waals surface area (Å²) in [4.78, 5) is 13.2. The number of amides is 1. The van der Waals surface area contributed by atoms with Gasteiger partial charge in [0, 0.05) is 4.90 Å². The molecule has 4 nitrogen and oxygen atoms in total. The van der Waals surface area contributed by atoms with Crippen molar-refractivity contribution < 1.29 is 14.3 Å². The quantitative estimate of drug-likeness (QED) is 0.846. The molecule has 0 bridgehead atoms. The van der Waals surface area contributed by atoms with Gasteiger partial charge >= 0.3 is 0 Å². The Kier molecular flexibility index (Phi) is 5.30. The molecule has 1 unspecified atom stereocenters. The number of ether oxygens (including phenoxy) is 2. The molecule has 126 valence electrons. The lowest BCUT2D eigenvalue weighted by Gasteiger charge is -2.26. The fraction of sp³-hybridized carbons (Fsp3) is 0.316. The summed E-state index contributed by atoms with van der Waals surface area (Å²) in [7, 11) is 0. The Morgan fingerprint density at radius 1 is 1.21 bits per heavy atom. The molecule has 0 spiro atoms. The molecule has 24 heavy (non-hydrogen) atoms. The van der Waals surface area contributed by atoms with Gasteiger partial charge in [0.25, 0.3) is 0 Å². The molecule has 0 radical (unpaired) electrons. The first-order valence-electron chi connectivity index (χ1n) is 7.97. The molecule has 1 aliphatic heterocycles. The maximum atomic E-state index is 12.1. The van der Waals surface area contributed by atoms with E-state index in [-0.39, 0.29) is 12.0 Å². The molecule has 0 aliphatic carbocycles. The Hall–Kier alpha value is -2.14. The summed E-state index contributed by atoms with van der Waals surface area (Å²) in [5.41, 5.74) is 2.40. The van der Waals surface area contributed by atoms with Crippen molar-refractivity contribution >= 4 is 17.7 Å². The van der Waals surface area contributed by atoms with Crippen molar-refractivity contribution in [3.8, 4) is 11.5 Å². The van der Waals surface area contributed by atoms with Crippen LogP contribution >= 0.6 is 11.8 Å². The summed E-state index contributed by atoms with van der Waals surface area (Å²) in [5, 5.41) is 2.92. The Labute approximate surface area is 146 Å². The van der Waals surface area contributed by atoms with Crippen LogP contribution in [0.5, 0.6) is 11.5 Å². The molecule has 0 aromatic heterocycles. The molecular weight excluding hydrogens is 322 g/mol. The standard InChI is InChI=1S/C19H21NO3S/c1-13-7-8-14(2)18(9-13)24-12-19(21)20-10-15-11-22-16-5-3-4-6-17(16)23-15/h3-9,15H,10-12H2,1-2H3,(H,20,21). The second-order valence-corrected chi connectivity index (χ2v) is 6.88. The van der Waals surface area contributed by atoms with Crippen molar-refractivity contribution in [1.82, 2.24) is 5.32 Å². The third-order valence-electron chi connectivity index (χ3n) is 3.80. The number of carbonyl (C=O) groups excluding carboxylic acids is 1. The lowest BCUT2D eigenvalue weighted by Crippen LogP contribution is -2.41. The van der Waals surface area contributed by atoms with E-state index in [1.807, 2.05) is 24.3 Å². The van der Waals surface area contributed by atoms with Crippen molar-refractivity contribution in [3.63, 3.8) is 0 Å². The van der Waals surface area contributed by atoms with Crippen molar-refractivity contribution in [3.05, 3.63) is 53.6 Å². The number of aryl methyl sites for hydroxylation is 2. The lowest BCUT2D eigenvalue weighted by atomic mass is 10.2. The van der Waals surface area contributed by atoms with Crippen LogP contribution in [-0.2, 0) is 4.79 Å². The molecule has 0 saturated heterocycles. The second-order valence-electron chi connectivity index (χ2n) is 5.86. The predicted octanol–water partition coefficient (Wildman–Crippen LogP) is 3.35. The average Bonchev–Trinajstić information content (AvgIpc) is 2.60. The summed E-state index contributed by atoms with van der Waals surface area (Å²) in [6.45, 7) is 5.01. The maximum absolute atomic E-state index is 12.1. The third-order valence-corrected chi connectivity index (χ3v) is 4.95. The highest BCUT2D eigenvalue weighted by molar-refractivity contribution is 8.00. The van der Waals surface area contributed by atoms with Gasteiger partial charge in [0.2, 0.25) is 5.91 Å². The molecule has 1 N–H and O–H groups in total. The highest BCUT2D eigenvalue weighted by Gasteiger charge is 2.21. The summed E-state index contributed by atoms with van der Waals surface area (Å²) in [6.07, 6.45) is -0.158. The van der Waals surface area contributed by atoms with Crippen molar-refractivity contribution in [2.75, 3.05) is 18.9 Å². The fourth-order valence-corrected chi connectivity index (χ4v) is 3.40. The van der Waals surface area contributed by atoms with Crippen LogP contribution < -0.4 is 14.8 Å². The van der Waals surface area contributed by atoms with Gasteiger partial charge < -0.3 is 14.8 Å². The number of thioether (sulfide) groups is 1. The Balaban J connectivity index is 1.46. The van der Waals surface area contributed by atoms with E-state index in [4.69, 9.17) is 9.47 Å². The van der Waals surface area contributed by atoms with Crippen LogP contribution in [0.3, 0.4) is 0 Å². The van der Waals surface area contributed by atoms with Crippen LogP contribution in [0, 0.1) is 13.8 Å². The van der Waals surface area contributed by atoms with Gasteiger partial charge in [-0.1, -0.05) is 29.8 Å². The van der Waals surface area contributed by atoms with E-state index in [0.29, 0.717) is 18.9 Å². The molecule has 1 amide bonds. The number of benzene rings is 2. The van der Waals surface area contributed by atoms with Crippen LogP contribution in [0.4, 0.5) is 0 Å². The first-order valence-corrected chi connectivity index (χ1v) is 8.95. The summed E-state index contributed by atoms with van der Waals surface area (Å²) < 4.78 is 11.5. The van der Waals surface area contributed by atoms with Gasteiger partial charge in [-0.3, -0.25) is 4.79 Å². The zero-order valence-electron chi connectivity index (χ0n) is 13.9. The van der Waals surface area contributed by atoms with Crippen LogP contribution in [0.25, 0.3) is 0 Å². The first-order chi connectivity index (χ1) is 11.6. The Morgan fingerprint density at radius 2 is 2.00 bits per heavy atom. The van der Waals surface area contributed by atoms with E-state index >= 15 is 0 Å². The molecule has 5 heteroatoms. The van der Waals surface area contributed by atoms with Gasteiger partial charge in [0.05, 0.1) is 12.3 Å². The van der Waals surface area contributed by atoms with Crippen LogP contribution in [0.15, 0.2) is 47.4 Å². The Morgan fingerprint density at radius 3 is 2.83 bits per heavy atom. The number of nitrogens with one attached hydrogen (secondary N) is 1. The molecular formula is C19H21NO3S. The number of para-hydroxylation sites is 2. The number of hydrogen-bond acceptors (Lipinski definition) is 4. The van der Waals surface area contributed by atoms with Crippen molar-refractivity contribution in [1.29, 1.82) is 0 Å². The molecule has 0 fully saturated rings. The number of fused-ring (bicyclic) bond motifs is 1. The lowest BCUT2D eigenvalue weighted by molar-refractivity contribution is -0.119. The van der Waals surface area contributed by atoms with Crippen LogP contribution in [0.2, 0.25) is 0 Å². The monoisotopic (exact) mass is 343 g/mol. The number of carbonyl (C=O) groups is 1. The van der Waals surface area contributed by atoms with Gasteiger partial charge in [0.1, 0.15) is 12.7 Å². The normalized spacial score (nSPS) is 15.8. The minimum atomic E-state index is -0.158. The van der Waals surface area contributed by atoms with Gasteiger partial charge in [-0.2, -0.15) is 0 Å². The zero-order chi connectivity index (χ0) is 16.9. The highest BCUT2D eigenvalue weighted by Crippen LogP contribution is 2.30. The molecule has 1 aliphatic rings. The first kappa shape index (κ1) is 16.7. The number of rotatable bonds is 5. The third kappa shape index (κ3) is 4.23. The van der Waals surface area contributed by atoms with E-state index in [1.165, 1.54) is 11.1 Å². The van der Waals surface area contributed by atoms with Crippen molar-refractivity contribution in [2.45, 2.75) is 24.8 Å². The maximum Gasteiger partial charge on any atom is 0.230 e. The minimum absolute atomic E-state index is 0.00312. The summed E-state index contributed by atoms with van der Waals surface area (Å²) in [5.74, 6) is 1.88. The van der Waals surface area contributed by atoms with E-state index in [2.05, 4.69) is 37.4 Å².